The first-order chi connectivity index (χ1) is 12.8. The van der Waals surface area contributed by atoms with Crippen LogP contribution in [0.5, 0.6) is 0 Å². The van der Waals surface area contributed by atoms with E-state index in [1.54, 1.807) is 6.92 Å². The molecule has 0 aliphatic carbocycles. The second-order valence-electron chi connectivity index (χ2n) is 7.82. The number of rotatable bonds is 4. The summed E-state index contributed by atoms with van der Waals surface area (Å²) in [6, 6.07) is 16.5. The van der Waals surface area contributed by atoms with E-state index in [2.05, 4.69) is 20.8 Å². The van der Waals surface area contributed by atoms with Crippen LogP contribution >= 0.6 is 0 Å². The molecule has 1 aliphatic rings. The Morgan fingerprint density at radius 1 is 1.04 bits per heavy atom. The van der Waals surface area contributed by atoms with Gasteiger partial charge in [0.1, 0.15) is 0 Å². The molecule has 1 atom stereocenters. The number of ketones is 1. The number of anilines is 1. The van der Waals surface area contributed by atoms with Crippen LogP contribution < -0.4 is 4.90 Å². The van der Waals surface area contributed by atoms with Crippen LogP contribution in [0.3, 0.4) is 0 Å². The molecule has 140 valence electrons. The molecule has 0 fully saturated rings. The molecule has 2 aromatic rings. The third-order valence-electron chi connectivity index (χ3n) is 4.96. The number of carbonyl (C=O) groups excluding carboxylic acids is 2. The number of hydrogen-bond acceptors (Lipinski definition) is 3. The predicted molar refractivity (Wildman–Crippen MR) is 107 cm³/mol. The minimum absolute atomic E-state index is 0.00386. The number of nitrogens with zero attached hydrogens (tertiary/aromatic N) is 1. The minimum atomic E-state index is -0.619. The largest absolute Gasteiger partial charge is 0.503 e. The highest BCUT2D eigenvalue weighted by molar-refractivity contribution is 6.16. The maximum Gasteiger partial charge on any atom is 0.294 e. The van der Waals surface area contributed by atoms with Gasteiger partial charge >= 0.3 is 0 Å². The van der Waals surface area contributed by atoms with Crippen molar-refractivity contribution in [3.63, 3.8) is 0 Å². The highest BCUT2D eigenvalue weighted by Gasteiger charge is 2.43. The molecule has 1 amide bonds. The molecule has 0 radical (unpaired) electrons. The van der Waals surface area contributed by atoms with Crippen LogP contribution in [-0.2, 0) is 15.0 Å². The SMILES string of the molecule is CCC(=O)C1=C(O)C(=O)N(c2ccc(C(C)(C)C)cc2)C1c1ccccc1. The van der Waals surface area contributed by atoms with Crippen molar-refractivity contribution in [2.75, 3.05) is 4.90 Å². The normalized spacial score (nSPS) is 17.6. The molecule has 1 heterocycles. The quantitative estimate of drug-likeness (QED) is 0.844. The Bertz CT molecular complexity index is 889. The fourth-order valence-corrected chi connectivity index (χ4v) is 3.42. The molecule has 1 aliphatic heterocycles. The van der Waals surface area contributed by atoms with Gasteiger partial charge in [-0.05, 0) is 28.7 Å². The van der Waals surface area contributed by atoms with Gasteiger partial charge in [0.25, 0.3) is 5.91 Å². The van der Waals surface area contributed by atoms with Gasteiger partial charge in [-0.1, -0.05) is 70.2 Å². The average molecular weight is 363 g/mol. The Hall–Kier alpha value is -2.88. The summed E-state index contributed by atoms with van der Waals surface area (Å²) in [7, 11) is 0. The van der Waals surface area contributed by atoms with Gasteiger partial charge in [0, 0.05) is 12.1 Å². The van der Waals surface area contributed by atoms with Crippen molar-refractivity contribution in [2.45, 2.75) is 45.6 Å². The standard InChI is InChI=1S/C23H25NO3/c1-5-18(25)19-20(15-9-7-6-8-10-15)24(22(27)21(19)26)17-13-11-16(12-14-17)23(2,3)4/h6-14,20,26H,5H2,1-4H3. The van der Waals surface area contributed by atoms with Crippen molar-refractivity contribution in [3.8, 4) is 0 Å². The molecule has 0 bridgehead atoms. The lowest BCUT2D eigenvalue weighted by Crippen LogP contribution is -2.31. The molecule has 0 saturated carbocycles. The molecule has 1 N–H and O–H groups in total. The zero-order valence-electron chi connectivity index (χ0n) is 16.2. The number of benzene rings is 2. The average Bonchev–Trinajstić information content (AvgIpc) is 2.92. The van der Waals surface area contributed by atoms with Crippen molar-refractivity contribution in [1.82, 2.24) is 0 Å². The molecule has 3 rings (SSSR count). The monoisotopic (exact) mass is 363 g/mol. The molecule has 4 nitrogen and oxygen atoms in total. The van der Waals surface area contributed by atoms with E-state index in [0.717, 1.165) is 11.1 Å². The highest BCUT2D eigenvalue weighted by Crippen LogP contribution is 2.41. The summed E-state index contributed by atoms with van der Waals surface area (Å²) in [5, 5.41) is 10.5. The summed E-state index contributed by atoms with van der Waals surface area (Å²) in [6.07, 6.45) is 0.229. The fraction of sp³-hybridized carbons (Fsp3) is 0.304. The molecular formula is C23H25NO3. The lowest BCUT2D eigenvalue weighted by atomic mass is 9.87. The van der Waals surface area contributed by atoms with Gasteiger partial charge in [0.05, 0.1) is 11.6 Å². The maximum atomic E-state index is 12.9. The first kappa shape index (κ1) is 18.9. The lowest BCUT2D eigenvalue weighted by molar-refractivity contribution is -0.118. The number of aliphatic hydroxyl groups excluding tert-OH is 1. The Morgan fingerprint density at radius 2 is 1.63 bits per heavy atom. The molecule has 0 aromatic heterocycles. The summed E-state index contributed by atoms with van der Waals surface area (Å²) < 4.78 is 0. The molecule has 0 saturated heterocycles. The van der Waals surface area contributed by atoms with Gasteiger partial charge in [-0.25, -0.2) is 0 Å². The topological polar surface area (TPSA) is 57.6 Å². The second kappa shape index (κ2) is 7.03. The first-order valence-corrected chi connectivity index (χ1v) is 9.21. The van der Waals surface area contributed by atoms with Crippen LogP contribution in [0.25, 0.3) is 0 Å². The Morgan fingerprint density at radius 3 is 2.15 bits per heavy atom. The summed E-state index contributed by atoms with van der Waals surface area (Å²) in [4.78, 5) is 26.9. The van der Waals surface area contributed by atoms with Crippen LogP contribution in [0.4, 0.5) is 5.69 Å². The molecule has 1 unspecified atom stereocenters. The maximum absolute atomic E-state index is 12.9. The summed E-state index contributed by atoms with van der Waals surface area (Å²) in [5.74, 6) is -1.21. The van der Waals surface area contributed by atoms with E-state index in [4.69, 9.17) is 0 Å². The molecular weight excluding hydrogens is 338 g/mol. The van der Waals surface area contributed by atoms with Crippen molar-refractivity contribution in [3.05, 3.63) is 77.1 Å². The van der Waals surface area contributed by atoms with Gasteiger partial charge in [-0.2, -0.15) is 0 Å². The zero-order chi connectivity index (χ0) is 19.8. The van der Waals surface area contributed by atoms with E-state index >= 15 is 0 Å². The van der Waals surface area contributed by atoms with Crippen LogP contribution in [0.1, 0.15) is 51.3 Å². The van der Waals surface area contributed by atoms with Crippen molar-refractivity contribution in [1.29, 1.82) is 0 Å². The Kier molecular flexibility index (Phi) is 4.92. The number of amides is 1. The van der Waals surface area contributed by atoms with Gasteiger partial charge in [-0.15, -0.1) is 0 Å². The van der Waals surface area contributed by atoms with E-state index in [9.17, 15) is 14.7 Å². The number of aliphatic hydroxyl groups is 1. The molecule has 0 spiro atoms. The second-order valence-corrected chi connectivity index (χ2v) is 7.82. The lowest BCUT2D eigenvalue weighted by Gasteiger charge is -2.28. The van der Waals surface area contributed by atoms with Crippen LogP contribution in [-0.4, -0.2) is 16.8 Å². The van der Waals surface area contributed by atoms with Crippen molar-refractivity contribution >= 4 is 17.4 Å². The summed E-state index contributed by atoms with van der Waals surface area (Å²) in [6.45, 7) is 8.11. The van der Waals surface area contributed by atoms with E-state index in [0.29, 0.717) is 5.69 Å². The van der Waals surface area contributed by atoms with Crippen LogP contribution in [0.2, 0.25) is 0 Å². The first-order valence-electron chi connectivity index (χ1n) is 9.21. The van der Waals surface area contributed by atoms with Gasteiger partial charge in [0.2, 0.25) is 0 Å². The third-order valence-corrected chi connectivity index (χ3v) is 4.96. The highest BCUT2D eigenvalue weighted by atomic mass is 16.3. The van der Waals surface area contributed by atoms with Gasteiger partial charge < -0.3 is 5.11 Å². The van der Waals surface area contributed by atoms with E-state index in [1.165, 1.54) is 4.90 Å². The minimum Gasteiger partial charge on any atom is -0.503 e. The smallest absolute Gasteiger partial charge is 0.294 e. The number of hydrogen-bond donors (Lipinski definition) is 1. The predicted octanol–water partition coefficient (Wildman–Crippen LogP) is 4.86. The number of Topliss-reactive ketones (excluding diaryl/α,β-unsaturated/α-hetero) is 1. The van der Waals surface area contributed by atoms with Crippen LogP contribution in [0, 0.1) is 0 Å². The Labute approximate surface area is 160 Å². The van der Waals surface area contributed by atoms with Crippen LogP contribution in [0.15, 0.2) is 65.9 Å². The number of carbonyl (C=O) groups is 2. The Balaban J connectivity index is 2.11. The molecule has 27 heavy (non-hydrogen) atoms. The third kappa shape index (κ3) is 3.39. The fourth-order valence-electron chi connectivity index (χ4n) is 3.42. The summed E-state index contributed by atoms with van der Waals surface area (Å²) >= 11 is 0. The van der Waals surface area contributed by atoms with Gasteiger partial charge in [-0.3, -0.25) is 14.5 Å². The van der Waals surface area contributed by atoms with E-state index in [-0.39, 0.29) is 23.2 Å². The van der Waals surface area contributed by atoms with E-state index in [1.807, 2.05) is 54.6 Å². The molecule has 2 aromatic carbocycles. The molecule has 4 heteroatoms. The summed E-state index contributed by atoms with van der Waals surface area (Å²) in [5.41, 5.74) is 2.78. The van der Waals surface area contributed by atoms with Crippen molar-refractivity contribution < 1.29 is 14.7 Å². The zero-order valence-corrected chi connectivity index (χ0v) is 16.2. The van der Waals surface area contributed by atoms with Gasteiger partial charge in [0.15, 0.2) is 11.5 Å². The van der Waals surface area contributed by atoms with Crippen molar-refractivity contribution in [2.24, 2.45) is 0 Å². The van der Waals surface area contributed by atoms with E-state index < -0.39 is 17.7 Å².